The third-order valence-electron chi connectivity index (χ3n) is 4.98. The number of nitrogens with one attached hydrogen (secondary N) is 1. The van der Waals surface area contributed by atoms with Gasteiger partial charge in [0.2, 0.25) is 11.8 Å². The molecule has 0 aromatic heterocycles. The van der Waals surface area contributed by atoms with Gasteiger partial charge in [-0.15, -0.1) is 0 Å². The molecule has 21 heavy (non-hydrogen) atoms. The molecule has 2 amide bonds. The standard InChI is InChI=1S/C16H29N3O2/c1-12(8-10-18(2)3)13-5-4-9-19(11-13)14-6-7-15(20)17-16(14)21/h12-14H,4-11H2,1-3H3,(H,17,20,21). The lowest BCUT2D eigenvalue weighted by molar-refractivity contribution is -0.138. The molecule has 0 radical (unpaired) electrons. The Morgan fingerprint density at radius 1 is 1.33 bits per heavy atom. The summed E-state index contributed by atoms with van der Waals surface area (Å²) in [4.78, 5) is 27.8. The SMILES string of the molecule is CC(CCN(C)C)C1CCCN(C2CCC(=O)NC2=O)C1. The van der Waals surface area contributed by atoms with Gasteiger partial charge in [-0.3, -0.25) is 19.8 Å². The minimum atomic E-state index is -0.121. The lowest BCUT2D eigenvalue weighted by Gasteiger charge is -2.40. The van der Waals surface area contributed by atoms with Crippen molar-refractivity contribution in [3.63, 3.8) is 0 Å². The Morgan fingerprint density at radius 3 is 2.76 bits per heavy atom. The molecule has 0 aromatic rings. The van der Waals surface area contributed by atoms with Crippen LogP contribution in [-0.4, -0.2) is 61.4 Å². The molecule has 5 heteroatoms. The Morgan fingerprint density at radius 2 is 2.10 bits per heavy atom. The van der Waals surface area contributed by atoms with Crippen molar-refractivity contribution in [1.82, 2.24) is 15.1 Å². The van der Waals surface area contributed by atoms with Gasteiger partial charge in [-0.05, 0) is 64.7 Å². The number of carbonyl (C=O) groups excluding carboxylic acids is 2. The first-order valence-corrected chi connectivity index (χ1v) is 8.20. The normalized spacial score (nSPS) is 29.5. The van der Waals surface area contributed by atoms with E-state index in [0.717, 1.165) is 26.1 Å². The molecule has 2 aliphatic rings. The molecule has 2 aliphatic heterocycles. The average molecular weight is 295 g/mol. The van der Waals surface area contributed by atoms with Crippen LogP contribution in [0.1, 0.15) is 39.0 Å². The molecule has 2 heterocycles. The Balaban J connectivity index is 1.88. The minimum Gasteiger partial charge on any atom is -0.309 e. The summed E-state index contributed by atoms with van der Waals surface area (Å²) in [5.41, 5.74) is 0. The van der Waals surface area contributed by atoms with Crippen LogP contribution in [0.5, 0.6) is 0 Å². The average Bonchev–Trinajstić information content (AvgIpc) is 2.45. The van der Waals surface area contributed by atoms with E-state index in [1.54, 1.807) is 0 Å². The number of imide groups is 1. The Kier molecular flexibility index (Phi) is 5.76. The van der Waals surface area contributed by atoms with E-state index in [9.17, 15) is 9.59 Å². The fourth-order valence-corrected chi connectivity index (χ4v) is 3.52. The van der Waals surface area contributed by atoms with Gasteiger partial charge in [0.1, 0.15) is 0 Å². The van der Waals surface area contributed by atoms with E-state index in [2.05, 4.69) is 36.1 Å². The molecular formula is C16H29N3O2. The third-order valence-corrected chi connectivity index (χ3v) is 4.98. The first-order valence-electron chi connectivity index (χ1n) is 8.20. The second kappa shape index (κ2) is 7.36. The van der Waals surface area contributed by atoms with Crippen LogP contribution in [0.2, 0.25) is 0 Å². The summed E-state index contributed by atoms with van der Waals surface area (Å²) < 4.78 is 0. The van der Waals surface area contributed by atoms with Crippen molar-refractivity contribution in [2.24, 2.45) is 11.8 Å². The third kappa shape index (κ3) is 4.51. The fourth-order valence-electron chi connectivity index (χ4n) is 3.52. The topological polar surface area (TPSA) is 52.6 Å². The number of hydrogen-bond acceptors (Lipinski definition) is 4. The first kappa shape index (κ1) is 16.4. The molecule has 0 bridgehead atoms. The van der Waals surface area contributed by atoms with Crippen LogP contribution in [0, 0.1) is 11.8 Å². The number of carbonyl (C=O) groups is 2. The quantitative estimate of drug-likeness (QED) is 0.772. The first-order chi connectivity index (χ1) is 9.97. The second-order valence-corrected chi connectivity index (χ2v) is 6.93. The van der Waals surface area contributed by atoms with E-state index in [-0.39, 0.29) is 17.9 Å². The van der Waals surface area contributed by atoms with Gasteiger partial charge in [0.15, 0.2) is 0 Å². The van der Waals surface area contributed by atoms with Crippen LogP contribution in [-0.2, 0) is 9.59 Å². The van der Waals surface area contributed by atoms with E-state index in [1.807, 2.05) is 0 Å². The van der Waals surface area contributed by atoms with Crippen LogP contribution in [0.25, 0.3) is 0 Å². The number of likely N-dealkylation sites (tertiary alicyclic amines) is 1. The van der Waals surface area contributed by atoms with Gasteiger partial charge in [0.25, 0.3) is 0 Å². The van der Waals surface area contributed by atoms with Crippen LogP contribution >= 0.6 is 0 Å². The fraction of sp³-hybridized carbons (Fsp3) is 0.875. The van der Waals surface area contributed by atoms with Crippen LogP contribution < -0.4 is 5.32 Å². The molecule has 0 saturated carbocycles. The summed E-state index contributed by atoms with van der Waals surface area (Å²) in [6, 6.07) is -0.0912. The second-order valence-electron chi connectivity index (χ2n) is 6.93. The van der Waals surface area contributed by atoms with E-state index >= 15 is 0 Å². The minimum absolute atomic E-state index is 0.0900. The number of rotatable bonds is 5. The van der Waals surface area contributed by atoms with Gasteiger partial charge < -0.3 is 4.90 Å². The Bertz CT molecular complexity index is 384. The molecule has 3 unspecified atom stereocenters. The summed E-state index contributed by atoms with van der Waals surface area (Å²) in [7, 11) is 4.23. The van der Waals surface area contributed by atoms with Gasteiger partial charge >= 0.3 is 0 Å². The summed E-state index contributed by atoms with van der Waals surface area (Å²) in [5.74, 6) is 1.14. The predicted octanol–water partition coefficient (Wildman–Crippen LogP) is 1.09. The molecule has 5 nitrogen and oxygen atoms in total. The molecule has 120 valence electrons. The highest BCUT2D eigenvalue weighted by atomic mass is 16.2. The summed E-state index contributed by atoms with van der Waals surface area (Å²) in [6.45, 7) is 5.45. The zero-order chi connectivity index (χ0) is 15.4. The maximum atomic E-state index is 12.0. The monoisotopic (exact) mass is 295 g/mol. The molecule has 3 atom stereocenters. The highest BCUT2D eigenvalue weighted by Gasteiger charge is 2.35. The molecule has 2 fully saturated rings. The highest BCUT2D eigenvalue weighted by Crippen LogP contribution is 2.28. The summed E-state index contributed by atoms with van der Waals surface area (Å²) in [6.07, 6.45) is 4.80. The molecule has 1 N–H and O–H groups in total. The lowest BCUT2D eigenvalue weighted by atomic mass is 9.83. The van der Waals surface area contributed by atoms with Crippen LogP contribution in [0.3, 0.4) is 0 Å². The lowest BCUT2D eigenvalue weighted by Crippen LogP contribution is -2.55. The van der Waals surface area contributed by atoms with Crippen LogP contribution in [0.15, 0.2) is 0 Å². The van der Waals surface area contributed by atoms with Gasteiger partial charge in [-0.25, -0.2) is 0 Å². The zero-order valence-corrected chi connectivity index (χ0v) is 13.6. The summed E-state index contributed by atoms with van der Waals surface area (Å²) >= 11 is 0. The van der Waals surface area contributed by atoms with Gasteiger partial charge in [-0.1, -0.05) is 6.92 Å². The molecular weight excluding hydrogens is 266 g/mol. The van der Waals surface area contributed by atoms with Gasteiger partial charge in [-0.2, -0.15) is 0 Å². The van der Waals surface area contributed by atoms with E-state index < -0.39 is 0 Å². The van der Waals surface area contributed by atoms with Gasteiger partial charge in [0.05, 0.1) is 6.04 Å². The van der Waals surface area contributed by atoms with E-state index in [1.165, 1.54) is 12.8 Å². The van der Waals surface area contributed by atoms with E-state index in [4.69, 9.17) is 0 Å². The molecule has 2 saturated heterocycles. The smallest absolute Gasteiger partial charge is 0.243 e. The van der Waals surface area contributed by atoms with Crippen molar-refractivity contribution in [3.8, 4) is 0 Å². The maximum Gasteiger partial charge on any atom is 0.243 e. The van der Waals surface area contributed by atoms with Crippen LogP contribution in [0.4, 0.5) is 0 Å². The summed E-state index contributed by atoms with van der Waals surface area (Å²) in [5, 5.41) is 2.48. The highest BCUT2D eigenvalue weighted by molar-refractivity contribution is 6.00. The number of piperidine rings is 2. The number of nitrogens with zero attached hydrogens (tertiary/aromatic N) is 2. The number of amides is 2. The van der Waals surface area contributed by atoms with Crippen molar-refractivity contribution >= 4 is 11.8 Å². The van der Waals surface area contributed by atoms with Crippen molar-refractivity contribution < 1.29 is 9.59 Å². The molecule has 0 aliphatic carbocycles. The van der Waals surface area contributed by atoms with Crippen molar-refractivity contribution in [2.45, 2.75) is 45.1 Å². The predicted molar refractivity (Wildman–Crippen MR) is 82.8 cm³/mol. The van der Waals surface area contributed by atoms with Crippen molar-refractivity contribution in [3.05, 3.63) is 0 Å². The van der Waals surface area contributed by atoms with Gasteiger partial charge in [0, 0.05) is 13.0 Å². The Hall–Kier alpha value is -0.940. The molecule has 0 spiro atoms. The maximum absolute atomic E-state index is 12.0. The molecule has 2 rings (SSSR count). The van der Waals surface area contributed by atoms with Crippen molar-refractivity contribution in [2.75, 3.05) is 33.7 Å². The Labute approximate surface area is 128 Å². The molecule has 0 aromatic carbocycles. The van der Waals surface area contributed by atoms with Crippen molar-refractivity contribution in [1.29, 1.82) is 0 Å². The van der Waals surface area contributed by atoms with E-state index in [0.29, 0.717) is 24.7 Å². The zero-order valence-electron chi connectivity index (χ0n) is 13.6. The number of hydrogen-bond donors (Lipinski definition) is 1. The largest absolute Gasteiger partial charge is 0.309 e.